The minimum Gasteiger partial charge on any atom is -0.434 e. The number of ether oxygens (including phenoxy) is 2. The Kier molecular flexibility index (Phi) is 5.66. The Balaban J connectivity index is 1.80. The molecule has 27 heavy (non-hydrogen) atoms. The summed E-state index contributed by atoms with van der Waals surface area (Å²) in [7, 11) is 0. The molecule has 6 nitrogen and oxygen atoms in total. The molecule has 0 radical (unpaired) electrons. The lowest BCUT2D eigenvalue weighted by Gasteiger charge is -2.14. The van der Waals surface area contributed by atoms with Crippen molar-refractivity contribution in [2.75, 3.05) is 13.2 Å². The quantitative estimate of drug-likeness (QED) is 0.352. The Morgan fingerprint density at radius 2 is 1.78 bits per heavy atom. The molecule has 3 rings (SSSR count). The van der Waals surface area contributed by atoms with Crippen molar-refractivity contribution in [1.29, 1.82) is 0 Å². The van der Waals surface area contributed by atoms with Gasteiger partial charge >= 0.3 is 6.16 Å². The van der Waals surface area contributed by atoms with E-state index in [4.69, 9.17) is 9.47 Å². The molecule has 0 aromatic heterocycles. The van der Waals surface area contributed by atoms with E-state index in [1.165, 1.54) is 4.90 Å². The van der Waals surface area contributed by atoms with Gasteiger partial charge in [0, 0.05) is 17.7 Å². The second-order valence-electron chi connectivity index (χ2n) is 5.97. The Bertz CT molecular complexity index is 888. The number of carbonyl (C=O) groups is 3. The number of amides is 1. The van der Waals surface area contributed by atoms with Gasteiger partial charge in [0.2, 0.25) is 5.78 Å². The third-order valence-corrected chi connectivity index (χ3v) is 4.05. The summed E-state index contributed by atoms with van der Waals surface area (Å²) in [6.45, 7) is 2.45. The molecule has 1 fully saturated rings. The van der Waals surface area contributed by atoms with Gasteiger partial charge in [0.1, 0.15) is 5.75 Å². The Morgan fingerprint density at radius 1 is 1.07 bits per heavy atom. The zero-order valence-electron chi connectivity index (χ0n) is 14.9. The van der Waals surface area contributed by atoms with Gasteiger partial charge in [0.15, 0.2) is 0 Å². The molecule has 1 aliphatic heterocycles. The van der Waals surface area contributed by atoms with Gasteiger partial charge in [0.25, 0.3) is 5.91 Å². The highest BCUT2D eigenvalue weighted by Crippen LogP contribution is 2.25. The van der Waals surface area contributed by atoms with E-state index in [0.717, 1.165) is 5.56 Å². The standard InChI is InChI=1S/C21H19NO5/c1-2-26-21(25)27-18-11-7-6-10-16(18)12-17-14-22(20(24)19(17)23)13-15-8-4-3-5-9-15/h3-12H,2,13-14H2,1H3/b17-12+. The van der Waals surface area contributed by atoms with Crippen molar-refractivity contribution in [3.05, 3.63) is 71.3 Å². The van der Waals surface area contributed by atoms with Crippen LogP contribution in [0.2, 0.25) is 0 Å². The van der Waals surface area contributed by atoms with Crippen LogP contribution >= 0.6 is 0 Å². The second kappa shape index (κ2) is 8.31. The SMILES string of the molecule is CCOC(=O)Oc1ccccc1/C=C1\CN(Cc2ccccc2)C(=O)C1=O. The molecule has 0 aliphatic carbocycles. The number of likely N-dealkylation sites (tertiary alicyclic amines) is 1. The number of nitrogens with zero attached hydrogens (tertiary/aromatic N) is 1. The van der Waals surface area contributed by atoms with Crippen LogP contribution in [0.3, 0.4) is 0 Å². The van der Waals surface area contributed by atoms with Crippen LogP contribution in [0.25, 0.3) is 6.08 Å². The average molecular weight is 365 g/mol. The molecule has 1 heterocycles. The summed E-state index contributed by atoms with van der Waals surface area (Å²) in [5.74, 6) is -0.809. The molecular formula is C21H19NO5. The topological polar surface area (TPSA) is 72.9 Å². The number of hydrogen-bond donors (Lipinski definition) is 0. The first kappa shape index (κ1) is 18.4. The first-order valence-electron chi connectivity index (χ1n) is 8.60. The minimum absolute atomic E-state index is 0.198. The predicted octanol–water partition coefficient (Wildman–Crippen LogP) is 3.22. The van der Waals surface area contributed by atoms with Crippen molar-refractivity contribution in [2.45, 2.75) is 13.5 Å². The third kappa shape index (κ3) is 4.41. The Morgan fingerprint density at radius 3 is 2.52 bits per heavy atom. The highest BCUT2D eigenvalue weighted by Gasteiger charge is 2.34. The molecule has 1 amide bonds. The molecule has 1 aliphatic rings. The van der Waals surface area contributed by atoms with Gasteiger partial charge in [-0.2, -0.15) is 0 Å². The summed E-state index contributed by atoms with van der Waals surface area (Å²) in [6.07, 6.45) is 0.766. The van der Waals surface area contributed by atoms with E-state index < -0.39 is 17.8 Å². The van der Waals surface area contributed by atoms with Gasteiger partial charge in [-0.05, 0) is 24.6 Å². The number of hydrogen-bond acceptors (Lipinski definition) is 5. The van der Waals surface area contributed by atoms with Crippen LogP contribution in [0.4, 0.5) is 4.79 Å². The maximum Gasteiger partial charge on any atom is 0.513 e. The maximum absolute atomic E-state index is 12.4. The number of Topliss-reactive ketones (excluding diaryl/α,β-unsaturated/α-hetero) is 1. The van der Waals surface area contributed by atoms with E-state index in [9.17, 15) is 14.4 Å². The monoisotopic (exact) mass is 365 g/mol. The lowest BCUT2D eigenvalue weighted by atomic mass is 10.1. The number of rotatable bonds is 5. The zero-order valence-corrected chi connectivity index (χ0v) is 14.9. The Hall–Kier alpha value is -3.41. The van der Waals surface area contributed by atoms with Gasteiger partial charge in [-0.25, -0.2) is 4.79 Å². The largest absolute Gasteiger partial charge is 0.513 e. The Labute approximate surface area is 157 Å². The predicted molar refractivity (Wildman–Crippen MR) is 98.9 cm³/mol. The molecule has 0 unspecified atom stereocenters. The lowest BCUT2D eigenvalue weighted by Crippen LogP contribution is -2.26. The van der Waals surface area contributed by atoms with Crippen LogP contribution in [0.1, 0.15) is 18.1 Å². The summed E-state index contributed by atoms with van der Waals surface area (Å²) in [6, 6.07) is 16.3. The van der Waals surface area contributed by atoms with Crippen molar-refractivity contribution in [3.8, 4) is 5.75 Å². The number of carbonyl (C=O) groups excluding carboxylic acids is 3. The average Bonchev–Trinajstić information content (AvgIpc) is 2.92. The molecule has 0 atom stereocenters. The van der Waals surface area contributed by atoms with Gasteiger partial charge in [-0.15, -0.1) is 0 Å². The fourth-order valence-corrected chi connectivity index (χ4v) is 2.79. The third-order valence-electron chi connectivity index (χ3n) is 4.05. The highest BCUT2D eigenvalue weighted by atomic mass is 16.7. The number of benzene rings is 2. The lowest BCUT2D eigenvalue weighted by molar-refractivity contribution is -0.139. The van der Waals surface area contributed by atoms with Crippen LogP contribution in [0.15, 0.2) is 60.2 Å². The fourth-order valence-electron chi connectivity index (χ4n) is 2.79. The number of para-hydroxylation sites is 1. The molecular weight excluding hydrogens is 346 g/mol. The van der Waals surface area contributed by atoms with E-state index in [2.05, 4.69) is 0 Å². The van der Waals surface area contributed by atoms with Gasteiger partial charge in [-0.1, -0.05) is 48.5 Å². The first-order valence-corrected chi connectivity index (χ1v) is 8.60. The van der Waals surface area contributed by atoms with E-state index in [-0.39, 0.29) is 18.9 Å². The van der Waals surface area contributed by atoms with Crippen molar-refractivity contribution in [3.63, 3.8) is 0 Å². The van der Waals surface area contributed by atoms with Crippen LogP contribution < -0.4 is 4.74 Å². The second-order valence-corrected chi connectivity index (χ2v) is 5.97. The van der Waals surface area contributed by atoms with Crippen molar-refractivity contribution < 1.29 is 23.9 Å². The fraction of sp³-hybridized carbons (Fsp3) is 0.190. The van der Waals surface area contributed by atoms with Crippen molar-refractivity contribution in [1.82, 2.24) is 4.90 Å². The summed E-state index contributed by atoms with van der Waals surface area (Å²) in [5.41, 5.74) is 1.84. The zero-order chi connectivity index (χ0) is 19.2. The van der Waals surface area contributed by atoms with Crippen molar-refractivity contribution >= 4 is 23.9 Å². The minimum atomic E-state index is -0.817. The first-order chi connectivity index (χ1) is 13.1. The van der Waals surface area contributed by atoms with Crippen LogP contribution in [0, 0.1) is 0 Å². The normalized spacial score (nSPS) is 15.3. The van der Waals surface area contributed by atoms with Crippen LogP contribution in [-0.2, 0) is 20.9 Å². The van der Waals surface area contributed by atoms with Crippen LogP contribution in [0.5, 0.6) is 5.75 Å². The molecule has 0 spiro atoms. The summed E-state index contributed by atoms with van der Waals surface area (Å²) < 4.78 is 9.95. The highest BCUT2D eigenvalue weighted by molar-refractivity contribution is 6.45. The van der Waals surface area contributed by atoms with Gasteiger partial charge in [0.05, 0.1) is 13.2 Å². The maximum atomic E-state index is 12.4. The van der Waals surface area contributed by atoms with Crippen LogP contribution in [-0.4, -0.2) is 35.9 Å². The molecule has 0 N–H and O–H groups in total. The molecule has 0 saturated carbocycles. The summed E-state index contributed by atoms with van der Waals surface area (Å²) in [4.78, 5) is 37.7. The molecule has 2 aromatic rings. The van der Waals surface area contributed by atoms with Gasteiger partial charge in [-0.3, -0.25) is 9.59 Å². The van der Waals surface area contributed by atoms with E-state index in [1.54, 1.807) is 37.3 Å². The van der Waals surface area contributed by atoms with E-state index in [1.807, 2.05) is 30.3 Å². The number of ketones is 1. The molecule has 138 valence electrons. The smallest absolute Gasteiger partial charge is 0.434 e. The summed E-state index contributed by atoms with van der Waals surface area (Å²) >= 11 is 0. The summed E-state index contributed by atoms with van der Waals surface area (Å²) in [5, 5.41) is 0. The van der Waals surface area contributed by atoms with E-state index in [0.29, 0.717) is 17.7 Å². The van der Waals surface area contributed by atoms with E-state index >= 15 is 0 Å². The van der Waals surface area contributed by atoms with Gasteiger partial charge < -0.3 is 14.4 Å². The molecule has 6 heteroatoms. The van der Waals surface area contributed by atoms with Crippen molar-refractivity contribution in [2.24, 2.45) is 0 Å². The molecule has 1 saturated heterocycles. The molecule has 0 bridgehead atoms. The molecule has 2 aromatic carbocycles.